The van der Waals surface area contributed by atoms with Crippen molar-refractivity contribution in [1.82, 2.24) is 19.7 Å². The summed E-state index contributed by atoms with van der Waals surface area (Å²) in [6.07, 6.45) is 4.38. The number of benzene rings is 1. The highest BCUT2D eigenvalue weighted by atomic mass is 19.4. The molecule has 1 aromatic carbocycles. The Balaban J connectivity index is 1.65. The number of carbonyl (C=O) groups is 1. The molecule has 1 fully saturated rings. The number of likely N-dealkylation sites (tertiary alicyclic amines) is 1. The third kappa shape index (κ3) is 7.51. The molecular formula is C31H39F4N7O2. The third-order valence-corrected chi connectivity index (χ3v) is 7.93. The van der Waals surface area contributed by atoms with Gasteiger partial charge in [-0.1, -0.05) is 19.1 Å². The average molecular weight is 618 g/mol. The van der Waals surface area contributed by atoms with Crippen LogP contribution in [0.1, 0.15) is 55.0 Å². The highest BCUT2D eigenvalue weighted by Crippen LogP contribution is 2.39. The number of methoxy groups -OCH3 is 1. The molecule has 1 aromatic heterocycles. The van der Waals surface area contributed by atoms with Gasteiger partial charge >= 0.3 is 6.18 Å². The third-order valence-electron chi connectivity index (χ3n) is 7.93. The molecule has 0 spiro atoms. The molecule has 1 saturated heterocycles. The maximum absolute atomic E-state index is 13.9. The highest BCUT2D eigenvalue weighted by molar-refractivity contribution is 6.07. The quantitative estimate of drug-likeness (QED) is 0.199. The minimum Gasteiger partial charge on any atom is -0.494 e. The molecule has 2 aliphatic rings. The van der Waals surface area contributed by atoms with E-state index in [0.717, 1.165) is 23.4 Å². The predicted octanol–water partition coefficient (Wildman–Crippen LogP) is 5.31. The second kappa shape index (κ2) is 13.7. The number of aryl methyl sites for hydroxylation is 1. The maximum Gasteiger partial charge on any atom is 0.416 e. The number of piperidine rings is 1. The first kappa shape index (κ1) is 32.8. The summed E-state index contributed by atoms with van der Waals surface area (Å²) in [5.41, 5.74) is 9.00. The number of nitrogens with zero attached hydrogens (tertiary/aromatic N) is 4. The van der Waals surface area contributed by atoms with Crippen molar-refractivity contribution in [3.63, 3.8) is 0 Å². The van der Waals surface area contributed by atoms with Crippen LogP contribution in [0.25, 0.3) is 5.70 Å². The van der Waals surface area contributed by atoms with Crippen molar-refractivity contribution in [2.24, 2.45) is 18.6 Å². The SMILES string of the molecule is CCC1=CCC=C(C(=O)Nc2cc(C(F)(F)F)cc(CN3CCC(F)CC3)c2OC)C=C1N(N)/C=C(\N)c1cnn(C)c1C. The topological polar surface area (TPSA) is 115 Å². The second-order valence-electron chi connectivity index (χ2n) is 10.9. The first-order valence-electron chi connectivity index (χ1n) is 14.4. The van der Waals surface area contributed by atoms with Crippen LogP contribution >= 0.6 is 0 Å². The molecule has 9 nitrogen and oxygen atoms in total. The number of amides is 1. The lowest BCUT2D eigenvalue weighted by Gasteiger charge is -2.29. The van der Waals surface area contributed by atoms with Crippen LogP contribution < -0.4 is 21.6 Å². The van der Waals surface area contributed by atoms with Gasteiger partial charge in [-0.2, -0.15) is 18.3 Å². The number of ether oxygens (including phenoxy) is 1. The van der Waals surface area contributed by atoms with E-state index in [0.29, 0.717) is 55.7 Å². The Labute approximate surface area is 254 Å². The van der Waals surface area contributed by atoms with Crippen LogP contribution in [0.2, 0.25) is 0 Å². The molecule has 2 heterocycles. The fourth-order valence-corrected chi connectivity index (χ4v) is 5.33. The van der Waals surface area contributed by atoms with Gasteiger partial charge in [0.25, 0.3) is 5.91 Å². The molecular weight excluding hydrogens is 578 g/mol. The van der Waals surface area contributed by atoms with E-state index < -0.39 is 23.8 Å². The normalized spacial score (nSPS) is 17.0. The van der Waals surface area contributed by atoms with Gasteiger partial charge in [-0.25, -0.2) is 10.2 Å². The zero-order chi connectivity index (χ0) is 32.2. The molecule has 238 valence electrons. The van der Waals surface area contributed by atoms with Gasteiger partial charge in [0, 0.05) is 55.3 Å². The summed E-state index contributed by atoms with van der Waals surface area (Å²) in [5.74, 6) is 5.91. The number of hydrazine groups is 1. The largest absolute Gasteiger partial charge is 0.494 e. The lowest BCUT2D eigenvalue weighted by Crippen LogP contribution is -2.34. The predicted molar refractivity (Wildman–Crippen MR) is 161 cm³/mol. The fourth-order valence-electron chi connectivity index (χ4n) is 5.33. The van der Waals surface area contributed by atoms with Crippen molar-refractivity contribution >= 4 is 17.3 Å². The van der Waals surface area contributed by atoms with Crippen LogP contribution in [0.4, 0.5) is 23.2 Å². The Morgan fingerprint density at radius 3 is 2.55 bits per heavy atom. The monoisotopic (exact) mass is 617 g/mol. The molecule has 0 bridgehead atoms. The molecule has 13 heteroatoms. The van der Waals surface area contributed by atoms with Crippen molar-refractivity contribution in [3.05, 3.63) is 82.0 Å². The van der Waals surface area contributed by atoms with Gasteiger partial charge in [0.2, 0.25) is 0 Å². The second-order valence-corrected chi connectivity index (χ2v) is 10.9. The number of anilines is 1. The zero-order valence-electron chi connectivity index (χ0n) is 25.3. The molecule has 44 heavy (non-hydrogen) atoms. The summed E-state index contributed by atoms with van der Waals surface area (Å²) in [7, 11) is 3.13. The average Bonchev–Trinajstić information content (AvgIpc) is 3.16. The molecule has 1 aliphatic carbocycles. The summed E-state index contributed by atoms with van der Waals surface area (Å²) in [5, 5.41) is 8.17. The standard InChI is InChI=1S/C31H39F4N7O2/c1-5-20-7-6-8-21(14-28(20)42(37)18-26(36)25-16-38-40(3)19(25)2)30(43)39-27-15-23(31(33,34)35)13-22(29(27)44-4)17-41-11-9-24(32)10-12-41/h7-8,13-16,18,24H,5-6,9-12,17,36-37H2,1-4H3,(H,39,43)/b26-18-. The summed E-state index contributed by atoms with van der Waals surface area (Å²) >= 11 is 0. The first-order valence-corrected chi connectivity index (χ1v) is 14.4. The van der Waals surface area contributed by atoms with Crippen LogP contribution in [0.3, 0.4) is 0 Å². The number of nitrogens with one attached hydrogen (secondary N) is 1. The van der Waals surface area contributed by atoms with Crippen LogP contribution in [-0.4, -0.2) is 52.0 Å². The number of hydrogen-bond donors (Lipinski definition) is 3. The minimum atomic E-state index is -4.67. The lowest BCUT2D eigenvalue weighted by atomic mass is 10.0. The fraction of sp³-hybridized carbons (Fsp3) is 0.419. The molecule has 2 aromatic rings. The van der Waals surface area contributed by atoms with Crippen LogP contribution in [0, 0.1) is 6.92 Å². The maximum atomic E-state index is 13.9. The molecule has 0 unspecified atom stereocenters. The summed E-state index contributed by atoms with van der Waals surface area (Å²) in [6, 6.07) is 1.88. The number of allylic oxidation sites excluding steroid dienone is 3. The van der Waals surface area contributed by atoms with Gasteiger partial charge in [0.15, 0.2) is 0 Å². The molecule has 1 aliphatic heterocycles. The van der Waals surface area contributed by atoms with E-state index in [9.17, 15) is 22.4 Å². The lowest BCUT2D eigenvalue weighted by molar-refractivity contribution is -0.137. The van der Waals surface area contributed by atoms with E-state index in [1.54, 1.807) is 30.1 Å². The van der Waals surface area contributed by atoms with Crippen LogP contribution in [-0.2, 0) is 24.6 Å². The Kier molecular flexibility index (Phi) is 10.2. The molecule has 0 saturated carbocycles. The van der Waals surface area contributed by atoms with Gasteiger partial charge in [0.05, 0.1) is 36.0 Å². The van der Waals surface area contributed by atoms with Gasteiger partial charge in [-0.05, 0) is 56.4 Å². The number of rotatable bonds is 9. The van der Waals surface area contributed by atoms with Crippen molar-refractivity contribution in [2.75, 3.05) is 25.5 Å². The number of hydrogen-bond acceptors (Lipinski definition) is 7. The smallest absolute Gasteiger partial charge is 0.416 e. The summed E-state index contributed by atoms with van der Waals surface area (Å²) < 4.78 is 62.7. The van der Waals surface area contributed by atoms with E-state index in [1.807, 2.05) is 24.8 Å². The Morgan fingerprint density at radius 2 is 1.95 bits per heavy atom. The number of nitrogens with two attached hydrogens (primary N) is 2. The number of halogens is 4. The van der Waals surface area contributed by atoms with Crippen LogP contribution in [0.15, 0.2) is 59.6 Å². The number of aromatic nitrogens is 2. The molecule has 0 radical (unpaired) electrons. The van der Waals surface area contributed by atoms with E-state index in [-0.39, 0.29) is 29.1 Å². The van der Waals surface area contributed by atoms with Gasteiger partial charge in [-0.15, -0.1) is 0 Å². The Morgan fingerprint density at radius 1 is 1.25 bits per heavy atom. The molecule has 1 amide bonds. The van der Waals surface area contributed by atoms with Crippen molar-refractivity contribution in [3.8, 4) is 5.75 Å². The summed E-state index contributed by atoms with van der Waals surface area (Å²) in [6.45, 7) is 4.75. The molecule has 5 N–H and O–H groups in total. The molecule has 4 rings (SSSR count). The van der Waals surface area contributed by atoms with E-state index in [4.69, 9.17) is 16.3 Å². The van der Waals surface area contributed by atoms with E-state index >= 15 is 0 Å². The number of carbonyl (C=O) groups excluding carboxylic acids is 1. The highest BCUT2D eigenvalue weighted by Gasteiger charge is 2.33. The Bertz CT molecular complexity index is 1500. The van der Waals surface area contributed by atoms with Gasteiger partial charge in [0.1, 0.15) is 11.9 Å². The zero-order valence-corrected chi connectivity index (χ0v) is 25.3. The van der Waals surface area contributed by atoms with Crippen molar-refractivity contribution in [2.45, 2.75) is 58.4 Å². The van der Waals surface area contributed by atoms with Crippen LogP contribution in [0.5, 0.6) is 5.75 Å². The van der Waals surface area contributed by atoms with E-state index in [1.165, 1.54) is 18.3 Å². The van der Waals surface area contributed by atoms with Crippen molar-refractivity contribution in [1.29, 1.82) is 0 Å². The molecule has 0 atom stereocenters. The number of alkyl halides is 4. The minimum absolute atomic E-state index is 0.113. The van der Waals surface area contributed by atoms with Gasteiger partial charge in [-0.3, -0.25) is 19.4 Å². The first-order chi connectivity index (χ1) is 20.8. The van der Waals surface area contributed by atoms with E-state index in [2.05, 4.69) is 10.4 Å². The Hall–Kier alpha value is -4.10. The van der Waals surface area contributed by atoms with Crippen molar-refractivity contribution < 1.29 is 27.1 Å². The van der Waals surface area contributed by atoms with Gasteiger partial charge < -0.3 is 15.8 Å². The summed E-state index contributed by atoms with van der Waals surface area (Å²) in [4.78, 5) is 15.5.